The van der Waals surface area contributed by atoms with Gasteiger partial charge in [-0.05, 0) is 156 Å². The molecule has 0 unspecified atom stereocenters. The van der Waals surface area contributed by atoms with E-state index in [0.29, 0.717) is 82.6 Å². The van der Waals surface area contributed by atoms with E-state index in [1.54, 1.807) is 95.6 Å². The Morgan fingerprint density at radius 3 is 0.778 bits per heavy atom. The maximum absolute atomic E-state index is 16.1. The van der Waals surface area contributed by atoms with Crippen molar-refractivity contribution < 1.29 is 13.2 Å². The normalized spacial score (nSPS) is 10.8. The number of hydrogen-bond acceptors (Lipinski definition) is 15. The third kappa shape index (κ3) is 11.3. The van der Waals surface area contributed by atoms with E-state index in [1.807, 2.05) is 89.5 Å². The molecule has 0 bridgehead atoms. The van der Waals surface area contributed by atoms with Crippen LogP contribution in [0.4, 0.5) is 13.2 Å². The predicted molar refractivity (Wildman–Crippen MR) is 394 cm³/mol. The summed E-state index contributed by atoms with van der Waals surface area (Å²) in [5.74, 6) is 0.637. The summed E-state index contributed by atoms with van der Waals surface area (Å²) in [5.41, 5.74) is 4.75. The fraction of sp³-hybridized carbons (Fsp3) is 0.0114. The summed E-state index contributed by atoms with van der Waals surface area (Å²) in [6, 6.07) is 83.0. The topological polar surface area (TPSA) is 334 Å². The summed E-state index contributed by atoms with van der Waals surface area (Å²) in [6.07, 6.45) is -5.00. The molecule has 3 aromatic heterocycles. The predicted octanol–water partition coefficient (Wildman–Crippen LogP) is 18.9. The lowest BCUT2D eigenvalue weighted by molar-refractivity contribution is -0.137. The first kappa shape index (κ1) is 66.8. The molecule has 0 saturated carbocycles. The van der Waals surface area contributed by atoms with Gasteiger partial charge < -0.3 is 9.13 Å². The average Bonchev–Trinajstić information content (AvgIpc) is 1.56. The molecule has 108 heavy (non-hydrogen) atoms. The van der Waals surface area contributed by atoms with Crippen LogP contribution in [-0.4, -0.2) is 24.1 Å². The summed E-state index contributed by atoms with van der Waals surface area (Å²) in [5, 5.41) is 127. The number of rotatable bonds is 10. The third-order valence-corrected chi connectivity index (χ3v) is 18.8. The molecule has 12 aromatic carbocycles. The van der Waals surface area contributed by atoms with Crippen molar-refractivity contribution in [2.75, 3.05) is 0 Å². The van der Waals surface area contributed by atoms with E-state index < -0.39 is 11.7 Å². The molecule has 494 valence electrons. The minimum absolute atomic E-state index is 0.00194. The highest BCUT2D eigenvalue weighted by molar-refractivity contribution is 6.15. The molecule has 0 aliphatic rings. The molecule has 0 fully saturated rings. The van der Waals surface area contributed by atoms with Crippen LogP contribution in [0.25, 0.3) is 145 Å². The fourth-order valence-electron chi connectivity index (χ4n) is 14.1. The highest BCUT2D eigenvalue weighted by Crippen LogP contribution is 2.48. The van der Waals surface area contributed by atoms with Crippen LogP contribution in [0, 0.1) is 136 Å². The summed E-state index contributed by atoms with van der Waals surface area (Å²) in [6.45, 7) is 0. The smallest absolute Gasteiger partial charge is 0.309 e. The minimum atomic E-state index is -5.00. The van der Waals surface area contributed by atoms with Gasteiger partial charge in [-0.1, -0.05) is 84.9 Å². The van der Waals surface area contributed by atoms with Gasteiger partial charge in [-0.25, -0.2) is 15.0 Å². The number of alkyl halides is 3. The van der Waals surface area contributed by atoms with Gasteiger partial charge in [0.25, 0.3) is 0 Å². The number of aromatic nitrogens is 5. The van der Waals surface area contributed by atoms with E-state index in [4.69, 9.17) is 15.0 Å². The summed E-state index contributed by atoms with van der Waals surface area (Å²) < 4.78 is 52.0. The Labute approximate surface area is 611 Å². The molecular formula is C88H36F3N17. The monoisotopic (exact) mass is 1390 g/mol. The molecule has 0 aliphatic carbocycles. The highest BCUT2D eigenvalue weighted by Gasteiger charge is 2.34. The quantitative estimate of drug-likeness (QED) is 0.123. The van der Waals surface area contributed by atoms with Gasteiger partial charge in [0.15, 0.2) is 17.5 Å². The van der Waals surface area contributed by atoms with Crippen molar-refractivity contribution >= 4 is 43.6 Å². The van der Waals surface area contributed by atoms with Gasteiger partial charge in [0.1, 0.15) is 0 Å². The first-order chi connectivity index (χ1) is 52.6. The van der Waals surface area contributed by atoms with Gasteiger partial charge >= 0.3 is 6.18 Å². The summed E-state index contributed by atoms with van der Waals surface area (Å²) in [7, 11) is 0. The second-order valence-corrected chi connectivity index (χ2v) is 24.7. The van der Waals surface area contributed by atoms with Crippen molar-refractivity contribution in [3.63, 3.8) is 0 Å². The van der Waals surface area contributed by atoms with Gasteiger partial charge in [-0.15, -0.1) is 0 Å². The van der Waals surface area contributed by atoms with Crippen LogP contribution in [-0.2, 0) is 6.18 Å². The largest absolute Gasteiger partial charge is 0.416 e. The van der Waals surface area contributed by atoms with Crippen LogP contribution in [0.15, 0.2) is 218 Å². The van der Waals surface area contributed by atoms with Gasteiger partial charge in [-0.2, -0.15) is 76.3 Å². The molecule has 15 rings (SSSR count). The molecule has 0 amide bonds. The molecule has 0 atom stereocenters. The molecule has 0 spiro atoms. The Morgan fingerprint density at radius 2 is 0.509 bits per heavy atom. The maximum Gasteiger partial charge on any atom is 0.416 e. The van der Waals surface area contributed by atoms with Crippen LogP contribution in [0.3, 0.4) is 0 Å². The Hall–Kier alpha value is -17.1. The van der Waals surface area contributed by atoms with Crippen LogP contribution in [0.5, 0.6) is 0 Å². The van der Waals surface area contributed by atoms with Gasteiger partial charge in [0.2, 0.25) is 0 Å². The molecule has 3 heterocycles. The van der Waals surface area contributed by atoms with Crippen LogP contribution >= 0.6 is 0 Å². The average molecular weight is 1390 g/mol. The fourth-order valence-corrected chi connectivity index (χ4v) is 14.1. The molecule has 0 N–H and O–H groups in total. The Balaban J connectivity index is 1.09. The maximum atomic E-state index is 16.1. The van der Waals surface area contributed by atoms with E-state index in [-0.39, 0.29) is 129 Å². The van der Waals surface area contributed by atoms with Gasteiger partial charge in [-0.3, -0.25) is 0 Å². The number of halogens is 3. The van der Waals surface area contributed by atoms with Gasteiger partial charge in [0.05, 0.1) is 179 Å². The van der Waals surface area contributed by atoms with Crippen molar-refractivity contribution in [1.29, 1.82) is 63.1 Å². The summed E-state index contributed by atoms with van der Waals surface area (Å²) >= 11 is 0. The van der Waals surface area contributed by atoms with Crippen molar-refractivity contribution in [3.8, 4) is 174 Å². The van der Waals surface area contributed by atoms with Crippen LogP contribution in [0.2, 0.25) is 0 Å². The number of benzene rings is 12. The number of hydrogen-bond donors (Lipinski definition) is 0. The zero-order valence-corrected chi connectivity index (χ0v) is 55.5. The highest BCUT2D eigenvalue weighted by atomic mass is 19.4. The van der Waals surface area contributed by atoms with E-state index >= 15 is 13.2 Å². The molecule has 0 saturated heterocycles. The first-order valence-corrected chi connectivity index (χ1v) is 32.6. The lowest BCUT2D eigenvalue weighted by atomic mass is 9.91. The second kappa shape index (κ2) is 26.8. The number of fused-ring (bicyclic) bond motifs is 6. The zero-order valence-electron chi connectivity index (χ0n) is 55.5. The van der Waals surface area contributed by atoms with E-state index in [2.05, 4.69) is 48.6 Å². The zero-order chi connectivity index (χ0) is 75.2. The van der Waals surface area contributed by atoms with Crippen molar-refractivity contribution in [3.05, 3.63) is 291 Å². The van der Waals surface area contributed by atoms with E-state index in [9.17, 15) is 63.1 Å². The summed E-state index contributed by atoms with van der Waals surface area (Å²) in [4.78, 5) is 15.1. The SMILES string of the molecule is N#Cc1cc(C#N)c(-c2ccc3c(c2)c2cc(-c4c(C#N)cc(C#N)cc4C#N)ccc2n3-c2ccc(-c3nc(-c4ccccc4)nc(-c4ccccc4)n3)cc2-c2cc(C(F)(F)F)ccc2-n2c3ccc(-c4c(C#N)cc(C#N)cc4C#N)cc3c3cc(-c4c(C#N)cc(C#N)cc4C#N)ccc32)c(C#N)c1. The molecular weight excluding hydrogens is 1350 g/mol. The minimum Gasteiger partial charge on any atom is -0.309 e. The molecule has 15 aromatic rings. The Morgan fingerprint density at radius 1 is 0.250 bits per heavy atom. The lowest BCUT2D eigenvalue weighted by Crippen LogP contribution is -2.08. The Kier molecular flexibility index (Phi) is 16.6. The van der Waals surface area contributed by atoms with Crippen molar-refractivity contribution in [1.82, 2.24) is 24.1 Å². The van der Waals surface area contributed by atoms with Gasteiger partial charge in [0, 0.05) is 71.6 Å². The van der Waals surface area contributed by atoms with E-state index in [0.717, 1.165) is 12.1 Å². The Bertz CT molecular complexity index is 6580. The first-order valence-electron chi connectivity index (χ1n) is 32.6. The van der Waals surface area contributed by atoms with Crippen molar-refractivity contribution in [2.24, 2.45) is 0 Å². The van der Waals surface area contributed by atoms with Crippen LogP contribution in [0.1, 0.15) is 72.3 Å². The molecule has 17 nitrogen and oxygen atoms in total. The second-order valence-electron chi connectivity index (χ2n) is 24.7. The van der Waals surface area contributed by atoms with E-state index in [1.165, 1.54) is 54.6 Å². The lowest BCUT2D eigenvalue weighted by Gasteiger charge is -2.21. The van der Waals surface area contributed by atoms with Crippen LogP contribution < -0.4 is 0 Å². The standard InChI is InChI=1S/C88H36F3N17/c89-88(90,91)68-16-22-80(108-77-19-13-57(83-64(45-100)27-51(39-94)28-65(83)46-101)33-71(77)72-34-58(14-20-78(72)108)84-66(47-102)29-52(40-95)30-67(84)48-103)74(36-68)73-35-59(87-105-85(53-7-3-1-4-8-53)104-86(106-87)54-9-5-2-6-10-54)15-21-79(73)107-75-17-11-55(81-60(41-96)23-49(37-92)24-61(81)42-97)31-69(75)70-32-56(12-18-76(70)107)82-62(43-98)25-50(38-93)26-63(82)44-99/h1-36H. The van der Waals surface area contributed by atoms with Crippen molar-refractivity contribution in [2.45, 2.75) is 6.18 Å². The number of nitrogens with zero attached hydrogens (tertiary/aromatic N) is 17. The molecule has 0 aliphatic heterocycles. The molecule has 20 heteroatoms. The number of nitriles is 12. The molecule has 0 radical (unpaired) electrons. The third-order valence-electron chi connectivity index (χ3n) is 18.8.